The Morgan fingerprint density at radius 1 is 1.38 bits per heavy atom. The molecule has 0 saturated carbocycles. The number of rotatable bonds is 7. The van der Waals surface area contributed by atoms with Crippen LogP contribution >= 0.6 is 27.7 Å². The molecule has 149 valence electrons. The summed E-state index contributed by atoms with van der Waals surface area (Å²) in [5, 5.41) is 12.6. The van der Waals surface area contributed by atoms with Gasteiger partial charge in [0, 0.05) is 28.5 Å². The maximum Gasteiger partial charge on any atom is 0.347 e. The number of nitro benzene ring substituents is 1. The Balaban J connectivity index is 1.48. The molecule has 1 radical (unpaired) electrons. The molecule has 29 heavy (non-hydrogen) atoms. The molecule has 10 heteroatoms. The third-order valence-corrected chi connectivity index (χ3v) is 5.68. The Morgan fingerprint density at radius 3 is 2.93 bits per heavy atom. The number of urea groups is 1. The van der Waals surface area contributed by atoms with Crippen LogP contribution in [-0.2, 0) is 11.3 Å². The minimum Gasteiger partial charge on any atom is -0.273 e. The molecule has 0 bridgehead atoms. The summed E-state index contributed by atoms with van der Waals surface area (Å²) in [6, 6.07) is 8.07. The van der Waals surface area contributed by atoms with Gasteiger partial charge in [-0.15, -0.1) is 11.8 Å². The first-order valence-electron chi connectivity index (χ1n) is 8.49. The van der Waals surface area contributed by atoms with Crippen LogP contribution in [0.4, 0.5) is 10.5 Å². The molecule has 1 atom stereocenters. The molecule has 0 aliphatic carbocycles. The van der Waals surface area contributed by atoms with Crippen LogP contribution in [0.3, 0.4) is 0 Å². The van der Waals surface area contributed by atoms with Crippen molar-refractivity contribution in [2.24, 2.45) is 0 Å². The largest absolute Gasteiger partial charge is 0.347 e. The second-order valence-electron chi connectivity index (χ2n) is 5.77. The summed E-state index contributed by atoms with van der Waals surface area (Å²) in [6.07, 6.45) is 10.00. The number of hydrogen-bond donors (Lipinski definition) is 1. The van der Waals surface area contributed by atoms with Crippen LogP contribution < -0.4 is 5.48 Å². The van der Waals surface area contributed by atoms with Crippen molar-refractivity contribution < 1.29 is 14.6 Å². The maximum atomic E-state index is 12.3. The minimum absolute atomic E-state index is 0.0502. The zero-order valence-electron chi connectivity index (χ0n) is 15.0. The number of carbonyl (C=O) groups is 1. The van der Waals surface area contributed by atoms with Gasteiger partial charge in [-0.1, -0.05) is 34.1 Å². The number of allylic oxidation sites excluding steroid dienone is 1. The molecule has 2 amide bonds. The highest BCUT2D eigenvalue weighted by atomic mass is 79.9. The number of nitrogens with one attached hydrogen (secondary N) is 1. The van der Waals surface area contributed by atoms with Gasteiger partial charge in [0.1, 0.15) is 5.37 Å². The second kappa shape index (κ2) is 10.2. The molecule has 1 aliphatic heterocycles. The Kier molecular flexibility index (Phi) is 7.39. The Labute approximate surface area is 179 Å². The van der Waals surface area contributed by atoms with Crippen LogP contribution in [-0.4, -0.2) is 27.4 Å². The standard InChI is InChI=1S/C19H16BrN4O4S/c20-16-5-3-6-17(24(26)27)15(16)4-1-2-12-28-22-19(25)23-11-13-29-18(23)14-7-9-21-10-8-14/h1-3,5-10,13,18H,4,12H2,(H,22,25). The predicted molar refractivity (Wildman–Crippen MR) is 112 cm³/mol. The van der Waals surface area contributed by atoms with Crippen molar-refractivity contribution in [1.82, 2.24) is 15.4 Å². The summed E-state index contributed by atoms with van der Waals surface area (Å²) in [6.45, 7) is 0.120. The van der Waals surface area contributed by atoms with Crippen molar-refractivity contribution in [3.05, 3.63) is 92.2 Å². The van der Waals surface area contributed by atoms with E-state index in [1.165, 1.54) is 22.7 Å². The lowest BCUT2D eigenvalue weighted by atomic mass is 10.1. The van der Waals surface area contributed by atoms with Gasteiger partial charge in [0.2, 0.25) is 0 Å². The van der Waals surface area contributed by atoms with Crippen LogP contribution in [0.15, 0.2) is 64.8 Å². The molecule has 8 nitrogen and oxygen atoms in total. The number of aromatic nitrogens is 1. The molecule has 1 aromatic carbocycles. The van der Waals surface area contributed by atoms with Crippen molar-refractivity contribution in [3.8, 4) is 0 Å². The number of thioether (sulfide) groups is 1. The summed E-state index contributed by atoms with van der Waals surface area (Å²) < 4.78 is 0.668. The number of hydroxylamine groups is 1. The monoisotopic (exact) mass is 475 g/mol. The first-order chi connectivity index (χ1) is 14.1. The highest BCUT2D eigenvalue weighted by molar-refractivity contribution is 9.10. The van der Waals surface area contributed by atoms with E-state index in [1.807, 2.05) is 12.1 Å². The van der Waals surface area contributed by atoms with E-state index in [1.54, 1.807) is 42.1 Å². The van der Waals surface area contributed by atoms with E-state index in [4.69, 9.17) is 4.84 Å². The van der Waals surface area contributed by atoms with Gasteiger partial charge in [0.15, 0.2) is 0 Å². The number of pyridine rings is 1. The van der Waals surface area contributed by atoms with Crippen LogP contribution in [0, 0.1) is 16.3 Å². The van der Waals surface area contributed by atoms with Crippen molar-refractivity contribution in [2.45, 2.75) is 11.8 Å². The summed E-state index contributed by atoms with van der Waals surface area (Å²) in [5.74, 6) is 0. The van der Waals surface area contributed by atoms with Gasteiger partial charge in [-0.3, -0.25) is 24.8 Å². The first kappa shape index (κ1) is 21.0. The molecule has 1 N–H and O–H groups in total. The fourth-order valence-corrected chi connectivity index (χ4v) is 4.00. The number of amides is 2. The van der Waals surface area contributed by atoms with Crippen molar-refractivity contribution >= 4 is 39.4 Å². The minimum atomic E-state index is -0.442. The molecule has 0 saturated heterocycles. The highest BCUT2D eigenvalue weighted by Gasteiger charge is 2.28. The van der Waals surface area contributed by atoms with Crippen molar-refractivity contribution in [1.29, 1.82) is 0 Å². The Hall–Kier alpha value is -2.69. The summed E-state index contributed by atoms with van der Waals surface area (Å²) >= 11 is 4.79. The van der Waals surface area contributed by atoms with Crippen LogP contribution in [0.5, 0.6) is 0 Å². The van der Waals surface area contributed by atoms with Gasteiger partial charge in [-0.2, -0.15) is 0 Å². The van der Waals surface area contributed by atoms with E-state index in [0.717, 1.165) is 5.56 Å². The predicted octanol–water partition coefficient (Wildman–Crippen LogP) is 4.51. The van der Waals surface area contributed by atoms with E-state index in [9.17, 15) is 14.9 Å². The number of carbonyl (C=O) groups excluding carboxylic acids is 1. The molecule has 3 rings (SSSR count). The molecule has 2 heterocycles. The third kappa shape index (κ3) is 5.43. The van der Waals surface area contributed by atoms with Crippen LogP contribution in [0.25, 0.3) is 0 Å². The van der Waals surface area contributed by atoms with E-state index in [0.29, 0.717) is 16.5 Å². The van der Waals surface area contributed by atoms with Crippen molar-refractivity contribution in [2.75, 3.05) is 6.61 Å². The van der Waals surface area contributed by atoms with Gasteiger partial charge >= 0.3 is 6.03 Å². The first-order valence-corrected chi connectivity index (χ1v) is 10.2. The third-order valence-electron chi connectivity index (χ3n) is 3.95. The molecule has 1 aliphatic rings. The molecule has 1 unspecified atom stereocenters. The number of hydrogen-bond acceptors (Lipinski definition) is 6. The molecular formula is C19H16BrN4O4S. The van der Waals surface area contributed by atoms with E-state index in [-0.39, 0.29) is 17.7 Å². The Bertz CT molecular complexity index is 939. The van der Waals surface area contributed by atoms with E-state index in [2.05, 4.69) is 32.6 Å². The fourth-order valence-electron chi connectivity index (χ4n) is 2.59. The smallest absolute Gasteiger partial charge is 0.273 e. The van der Waals surface area contributed by atoms with Gasteiger partial charge in [-0.05, 0) is 35.6 Å². The zero-order chi connectivity index (χ0) is 20.6. The zero-order valence-corrected chi connectivity index (χ0v) is 17.4. The molecule has 0 fully saturated rings. The lowest BCUT2D eigenvalue weighted by Gasteiger charge is -2.22. The van der Waals surface area contributed by atoms with Gasteiger partial charge in [0.25, 0.3) is 5.69 Å². The molecular weight excluding hydrogens is 460 g/mol. The molecule has 1 aromatic heterocycles. The van der Waals surface area contributed by atoms with Crippen LogP contribution in [0.1, 0.15) is 16.5 Å². The topological polar surface area (TPSA) is 97.6 Å². The lowest BCUT2D eigenvalue weighted by molar-refractivity contribution is -0.385. The summed E-state index contributed by atoms with van der Waals surface area (Å²) in [4.78, 5) is 33.6. The highest BCUT2D eigenvalue weighted by Crippen LogP contribution is 2.37. The quantitative estimate of drug-likeness (QED) is 0.273. The van der Waals surface area contributed by atoms with E-state index >= 15 is 0 Å². The maximum absolute atomic E-state index is 12.3. The van der Waals surface area contributed by atoms with Crippen LogP contribution in [0.2, 0.25) is 0 Å². The lowest BCUT2D eigenvalue weighted by Crippen LogP contribution is -2.36. The molecule has 2 aromatic rings. The number of nitro groups is 1. The SMILES string of the molecule is O=C(NOCC=CCc1c(Br)cccc1[N+](=O)[O-])N1[C]=CSC1c1ccncc1. The van der Waals surface area contributed by atoms with Gasteiger partial charge in [0.05, 0.1) is 17.7 Å². The number of nitrogens with zero attached hydrogens (tertiary/aromatic N) is 3. The summed E-state index contributed by atoms with van der Waals surface area (Å²) in [7, 11) is 0. The number of benzene rings is 1. The van der Waals surface area contributed by atoms with Gasteiger partial charge < -0.3 is 0 Å². The summed E-state index contributed by atoms with van der Waals surface area (Å²) in [5.41, 5.74) is 3.92. The fraction of sp³-hybridized carbons (Fsp3) is 0.158. The average molecular weight is 476 g/mol. The Morgan fingerprint density at radius 2 is 2.17 bits per heavy atom. The van der Waals surface area contributed by atoms with Gasteiger partial charge in [-0.25, -0.2) is 10.3 Å². The number of halogens is 1. The molecule has 0 spiro atoms. The van der Waals surface area contributed by atoms with Crippen molar-refractivity contribution in [3.63, 3.8) is 0 Å². The van der Waals surface area contributed by atoms with E-state index < -0.39 is 11.0 Å². The average Bonchev–Trinajstić information content (AvgIpc) is 3.22. The normalized spacial score (nSPS) is 15.8. The second-order valence-corrected chi connectivity index (χ2v) is 7.58.